The van der Waals surface area contributed by atoms with E-state index in [0.29, 0.717) is 6.54 Å². The van der Waals surface area contributed by atoms with Crippen LogP contribution in [0.3, 0.4) is 0 Å². The summed E-state index contributed by atoms with van der Waals surface area (Å²) in [7, 11) is 0. The summed E-state index contributed by atoms with van der Waals surface area (Å²) in [4.78, 5) is 23.9. The van der Waals surface area contributed by atoms with Gasteiger partial charge >= 0.3 is 6.03 Å². The third-order valence-corrected chi connectivity index (χ3v) is 3.73. The number of hydrogen-bond acceptors (Lipinski definition) is 3. The first-order valence-electron chi connectivity index (χ1n) is 8.00. The van der Waals surface area contributed by atoms with E-state index in [1.165, 1.54) is 0 Å². The topological polar surface area (TPSA) is 70.2 Å². The Labute approximate surface area is 142 Å². The van der Waals surface area contributed by atoms with E-state index in [1.807, 2.05) is 67.6 Å². The van der Waals surface area contributed by atoms with Gasteiger partial charge in [-0.25, -0.2) is 4.79 Å². The second kappa shape index (κ2) is 8.84. The zero-order valence-corrected chi connectivity index (χ0v) is 14.0. The van der Waals surface area contributed by atoms with Gasteiger partial charge in [0, 0.05) is 12.6 Å². The number of nitrogens with one attached hydrogen (secondary N) is 3. The molecule has 0 radical (unpaired) electrons. The van der Waals surface area contributed by atoms with Crippen molar-refractivity contribution < 1.29 is 9.59 Å². The zero-order valence-electron chi connectivity index (χ0n) is 14.0. The fourth-order valence-corrected chi connectivity index (χ4v) is 2.33. The average molecular weight is 325 g/mol. The van der Waals surface area contributed by atoms with Crippen LogP contribution in [-0.4, -0.2) is 18.0 Å². The maximum Gasteiger partial charge on any atom is 0.321 e. The summed E-state index contributed by atoms with van der Waals surface area (Å²) in [5.41, 5.74) is 2.06. The molecule has 5 nitrogen and oxygen atoms in total. The molecule has 0 aromatic heterocycles. The van der Waals surface area contributed by atoms with Gasteiger partial charge in [0.1, 0.15) is 0 Å². The van der Waals surface area contributed by atoms with Gasteiger partial charge in [-0.2, -0.15) is 0 Å². The molecular weight excluding hydrogens is 302 g/mol. The van der Waals surface area contributed by atoms with Crippen molar-refractivity contribution in [1.82, 2.24) is 16.0 Å². The Hall–Kier alpha value is -2.66. The molecule has 2 aromatic rings. The smallest absolute Gasteiger partial charge is 0.321 e. The fourth-order valence-electron chi connectivity index (χ4n) is 2.33. The van der Waals surface area contributed by atoms with E-state index in [0.717, 1.165) is 11.1 Å². The Morgan fingerprint density at radius 2 is 1.50 bits per heavy atom. The molecule has 3 N–H and O–H groups in total. The van der Waals surface area contributed by atoms with Gasteiger partial charge in [-0.05, 0) is 25.0 Å². The van der Waals surface area contributed by atoms with Crippen molar-refractivity contribution in [2.24, 2.45) is 0 Å². The summed E-state index contributed by atoms with van der Waals surface area (Å²) in [6.07, 6.45) is 0. The maximum atomic E-state index is 12.1. The van der Waals surface area contributed by atoms with Crippen molar-refractivity contribution in [3.8, 4) is 0 Å². The average Bonchev–Trinajstić information content (AvgIpc) is 2.61. The summed E-state index contributed by atoms with van der Waals surface area (Å²) < 4.78 is 0. The fraction of sp³-hybridized carbons (Fsp3) is 0.263. The molecule has 0 aliphatic heterocycles. The number of hydrogen-bond donors (Lipinski definition) is 3. The lowest BCUT2D eigenvalue weighted by molar-refractivity contribution is -0.121. The minimum atomic E-state index is -0.495. The van der Waals surface area contributed by atoms with Crippen molar-refractivity contribution in [3.05, 3.63) is 71.8 Å². The van der Waals surface area contributed by atoms with Crippen molar-refractivity contribution in [2.45, 2.75) is 32.5 Å². The second-order valence-electron chi connectivity index (χ2n) is 5.68. The quantitative estimate of drug-likeness (QED) is 0.765. The Morgan fingerprint density at radius 1 is 0.917 bits per heavy atom. The molecule has 0 bridgehead atoms. The molecule has 0 heterocycles. The van der Waals surface area contributed by atoms with Crippen molar-refractivity contribution in [1.29, 1.82) is 0 Å². The van der Waals surface area contributed by atoms with Crippen LogP contribution >= 0.6 is 0 Å². The first-order valence-corrected chi connectivity index (χ1v) is 8.00. The highest BCUT2D eigenvalue weighted by atomic mass is 16.2. The summed E-state index contributed by atoms with van der Waals surface area (Å²) in [5, 5.41) is 8.21. The summed E-state index contributed by atoms with van der Waals surface area (Å²) in [5.74, 6) is -0.358. The molecular formula is C19H23N3O2. The first kappa shape index (κ1) is 17.7. The van der Waals surface area contributed by atoms with Gasteiger partial charge in [0.2, 0.25) is 5.91 Å². The van der Waals surface area contributed by atoms with E-state index in [2.05, 4.69) is 16.0 Å². The van der Waals surface area contributed by atoms with Crippen molar-refractivity contribution in [2.75, 3.05) is 0 Å². The Bertz CT molecular complexity index is 659. The highest BCUT2D eigenvalue weighted by molar-refractivity contribution is 5.96. The van der Waals surface area contributed by atoms with Gasteiger partial charge in [0.15, 0.2) is 0 Å². The molecule has 5 heteroatoms. The summed E-state index contributed by atoms with van der Waals surface area (Å²) in [6, 6.07) is 18.4. The molecule has 0 saturated heterocycles. The Balaban J connectivity index is 1.77. The molecule has 0 fully saturated rings. The number of amides is 3. The first-order chi connectivity index (χ1) is 11.6. The van der Waals surface area contributed by atoms with Gasteiger partial charge in [0.05, 0.1) is 6.04 Å². The van der Waals surface area contributed by atoms with Crippen LogP contribution < -0.4 is 16.0 Å². The summed E-state index contributed by atoms with van der Waals surface area (Å²) in [6.45, 7) is 4.09. The number of benzene rings is 2. The largest absolute Gasteiger partial charge is 0.334 e. The van der Waals surface area contributed by atoms with E-state index >= 15 is 0 Å². The van der Waals surface area contributed by atoms with Crippen LogP contribution in [-0.2, 0) is 11.3 Å². The van der Waals surface area contributed by atoms with E-state index in [1.54, 1.807) is 6.92 Å². The minimum absolute atomic E-state index is 0.0133. The normalized spacial score (nSPS) is 12.9. The molecule has 0 unspecified atom stereocenters. The maximum absolute atomic E-state index is 12.1. The van der Waals surface area contributed by atoms with Crippen LogP contribution in [0, 0.1) is 0 Å². The number of rotatable bonds is 6. The van der Waals surface area contributed by atoms with Crippen LogP contribution in [0.4, 0.5) is 4.79 Å². The lowest BCUT2D eigenvalue weighted by atomic mass is 10.1. The molecule has 0 spiro atoms. The second-order valence-corrected chi connectivity index (χ2v) is 5.68. The van der Waals surface area contributed by atoms with Crippen LogP contribution in [0.5, 0.6) is 0 Å². The van der Waals surface area contributed by atoms with Crippen molar-refractivity contribution >= 4 is 11.9 Å². The molecule has 0 aliphatic carbocycles. The third-order valence-electron chi connectivity index (χ3n) is 3.73. The molecule has 2 atom stereocenters. The molecule has 2 rings (SSSR count). The monoisotopic (exact) mass is 325 g/mol. The molecule has 0 saturated carbocycles. The van der Waals surface area contributed by atoms with Crippen LogP contribution in [0.1, 0.15) is 31.0 Å². The highest BCUT2D eigenvalue weighted by Crippen LogP contribution is 2.11. The number of urea groups is 1. The van der Waals surface area contributed by atoms with Crippen molar-refractivity contribution in [3.63, 3.8) is 0 Å². The zero-order chi connectivity index (χ0) is 17.4. The number of imide groups is 1. The molecule has 126 valence electrons. The van der Waals surface area contributed by atoms with E-state index in [-0.39, 0.29) is 11.9 Å². The van der Waals surface area contributed by atoms with Gasteiger partial charge in [-0.1, -0.05) is 60.7 Å². The Morgan fingerprint density at radius 3 is 2.12 bits per heavy atom. The third kappa shape index (κ3) is 5.52. The molecule has 0 aliphatic rings. The van der Waals surface area contributed by atoms with E-state index < -0.39 is 12.1 Å². The Kier molecular flexibility index (Phi) is 6.51. The van der Waals surface area contributed by atoms with Gasteiger partial charge in [-0.15, -0.1) is 0 Å². The lowest BCUT2D eigenvalue weighted by Gasteiger charge is -2.19. The number of carbonyl (C=O) groups excluding carboxylic acids is 2. The number of carbonyl (C=O) groups is 2. The van der Waals surface area contributed by atoms with E-state index in [4.69, 9.17) is 0 Å². The molecule has 24 heavy (non-hydrogen) atoms. The predicted octanol–water partition coefficient (Wildman–Crippen LogP) is 2.75. The standard InChI is InChI=1S/C19H23N3O2/c1-14(17-11-7-4-8-12-17)21-15(2)18(23)22-19(24)20-13-16-9-5-3-6-10-16/h3-12,14-15,21H,13H2,1-2H3,(H2,20,22,23,24)/t14-,15-/m0/s1. The van der Waals surface area contributed by atoms with Crippen LogP contribution in [0.25, 0.3) is 0 Å². The molecule has 2 aromatic carbocycles. The van der Waals surface area contributed by atoms with Gasteiger partial charge < -0.3 is 5.32 Å². The lowest BCUT2D eigenvalue weighted by Crippen LogP contribution is -2.48. The SMILES string of the molecule is C[C@H](N[C@@H](C)c1ccccc1)C(=O)NC(=O)NCc1ccccc1. The summed E-state index contributed by atoms with van der Waals surface area (Å²) >= 11 is 0. The van der Waals surface area contributed by atoms with Gasteiger partial charge in [0.25, 0.3) is 0 Å². The molecule has 3 amide bonds. The minimum Gasteiger partial charge on any atom is -0.334 e. The van der Waals surface area contributed by atoms with Crippen LogP contribution in [0.2, 0.25) is 0 Å². The highest BCUT2D eigenvalue weighted by Gasteiger charge is 2.18. The predicted molar refractivity (Wildman–Crippen MR) is 94.3 cm³/mol. The van der Waals surface area contributed by atoms with Gasteiger partial charge in [-0.3, -0.25) is 15.4 Å². The van der Waals surface area contributed by atoms with E-state index in [9.17, 15) is 9.59 Å². The van der Waals surface area contributed by atoms with Crippen LogP contribution in [0.15, 0.2) is 60.7 Å².